The van der Waals surface area contributed by atoms with E-state index in [1.807, 2.05) is 0 Å². The molecule has 0 saturated heterocycles. The third-order valence-electron chi connectivity index (χ3n) is 3.37. The van der Waals surface area contributed by atoms with Crippen molar-refractivity contribution in [3.63, 3.8) is 0 Å². The summed E-state index contributed by atoms with van der Waals surface area (Å²) < 4.78 is 27.3. The number of halogens is 2. The molecular formula is C17H10F2O2. The van der Waals surface area contributed by atoms with Crippen LogP contribution in [-0.4, -0.2) is 11.1 Å². The Balaban J connectivity index is 2.39. The van der Waals surface area contributed by atoms with Gasteiger partial charge in [-0.1, -0.05) is 30.3 Å². The number of benzene rings is 3. The SMILES string of the molecule is O=C(O)c1ccc(F)cc1-c1ccc(F)c2ccccc12. The van der Waals surface area contributed by atoms with Gasteiger partial charge in [-0.2, -0.15) is 0 Å². The molecule has 0 unspecified atom stereocenters. The van der Waals surface area contributed by atoms with Gasteiger partial charge < -0.3 is 5.11 Å². The minimum absolute atomic E-state index is 0.0202. The third kappa shape index (κ3) is 2.25. The van der Waals surface area contributed by atoms with Crippen LogP contribution in [0.4, 0.5) is 8.78 Å². The molecule has 0 atom stereocenters. The third-order valence-corrected chi connectivity index (χ3v) is 3.37. The van der Waals surface area contributed by atoms with Gasteiger partial charge in [-0.05, 0) is 40.8 Å². The first-order chi connectivity index (χ1) is 10.1. The Labute approximate surface area is 119 Å². The van der Waals surface area contributed by atoms with E-state index < -0.39 is 17.6 Å². The lowest BCUT2D eigenvalue weighted by Crippen LogP contribution is -2.00. The molecule has 0 aromatic heterocycles. The van der Waals surface area contributed by atoms with Crippen LogP contribution in [0.2, 0.25) is 0 Å². The molecule has 0 saturated carbocycles. The normalized spacial score (nSPS) is 10.8. The van der Waals surface area contributed by atoms with E-state index in [1.165, 1.54) is 18.2 Å². The van der Waals surface area contributed by atoms with Crippen LogP contribution in [0.1, 0.15) is 10.4 Å². The molecule has 0 bridgehead atoms. The molecular weight excluding hydrogens is 274 g/mol. The molecule has 1 N–H and O–H groups in total. The molecule has 0 radical (unpaired) electrons. The Hall–Kier alpha value is -2.75. The molecule has 21 heavy (non-hydrogen) atoms. The molecule has 2 nitrogen and oxygen atoms in total. The predicted octanol–water partition coefficient (Wildman–Crippen LogP) is 4.48. The molecule has 0 aliphatic heterocycles. The second-order valence-corrected chi connectivity index (χ2v) is 4.64. The summed E-state index contributed by atoms with van der Waals surface area (Å²) in [5.74, 6) is -2.09. The maximum atomic E-state index is 13.8. The zero-order chi connectivity index (χ0) is 15.0. The molecule has 3 aromatic carbocycles. The highest BCUT2D eigenvalue weighted by Gasteiger charge is 2.15. The Morgan fingerprint density at radius 1 is 0.857 bits per heavy atom. The molecule has 0 fully saturated rings. The minimum atomic E-state index is -1.15. The fourth-order valence-electron chi connectivity index (χ4n) is 2.42. The summed E-state index contributed by atoms with van der Waals surface area (Å²) >= 11 is 0. The molecule has 0 heterocycles. The van der Waals surface area contributed by atoms with E-state index in [-0.39, 0.29) is 11.1 Å². The van der Waals surface area contributed by atoms with E-state index >= 15 is 0 Å². The van der Waals surface area contributed by atoms with E-state index in [9.17, 15) is 18.7 Å². The van der Waals surface area contributed by atoms with Crippen molar-refractivity contribution in [2.75, 3.05) is 0 Å². The maximum Gasteiger partial charge on any atom is 0.336 e. The van der Waals surface area contributed by atoms with Crippen LogP contribution in [0.15, 0.2) is 54.6 Å². The zero-order valence-electron chi connectivity index (χ0n) is 10.8. The van der Waals surface area contributed by atoms with Crippen molar-refractivity contribution in [1.82, 2.24) is 0 Å². The van der Waals surface area contributed by atoms with E-state index in [0.717, 1.165) is 12.1 Å². The molecule has 0 aliphatic rings. The lowest BCUT2D eigenvalue weighted by molar-refractivity contribution is 0.0697. The predicted molar refractivity (Wildman–Crippen MR) is 76.3 cm³/mol. The highest BCUT2D eigenvalue weighted by molar-refractivity contribution is 6.03. The van der Waals surface area contributed by atoms with Crippen molar-refractivity contribution in [2.24, 2.45) is 0 Å². The molecule has 0 aliphatic carbocycles. The quantitative estimate of drug-likeness (QED) is 0.753. The second-order valence-electron chi connectivity index (χ2n) is 4.64. The molecule has 4 heteroatoms. The Morgan fingerprint density at radius 3 is 2.29 bits per heavy atom. The Kier molecular flexibility index (Phi) is 3.14. The van der Waals surface area contributed by atoms with E-state index in [1.54, 1.807) is 24.3 Å². The molecule has 3 rings (SSSR count). The van der Waals surface area contributed by atoms with E-state index in [0.29, 0.717) is 16.3 Å². The van der Waals surface area contributed by atoms with E-state index in [4.69, 9.17) is 0 Å². The number of fused-ring (bicyclic) bond motifs is 1. The van der Waals surface area contributed by atoms with Gasteiger partial charge in [0, 0.05) is 5.39 Å². The van der Waals surface area contributed by atoms with Crippen LogP contribution >= 0.6 is 0 Å². The van der Waals surface area contributed by atoms with Crippen molar-refractivity contribution in [3.8, 4) is 11.1 Å². The second kappa shape index (κ2) is 4.98. The van der Waals surface area contributed by atoms with Gasteiger partial charge in [0.25, 0.3) is 0 Å². The van der Waals surface area contributed by atoms with Gasteiger partial charge in [0.15, 0.2) is 0 Å². The van der Waals surface area contributed by atoms with Crippen molar-refractivity contribution < 1.29 is 18.7 Å². The summed E-state index contributed by atoms with van der Waals surface area (Å²) in [5.41, 5.74) is 0.704. The van der Waals surface area contributed by atoms with Crippen molar-refractivity contribution in [3.05, 3.63) is 71.8 Å². The van der Waals surface area contributed by atoms with Crippen LogP contribution in [-0.2, 0) is 0 Å². The van der Waals surface area contributed by atoms with Crippen LogP contribution in [0.3, 0.4) is 0 Å². The molecule has 0 amide bonds. The fraction of sp³-hybridized carbons (Fsp3) is 0. The molecule has 3 aromatic rings. The maximum absolute atomic E-state index is 13.8. The van der Waals surface area contributed by atoms with Gasteiger partial charge in [-0.25, -0.2) is 13.6 Å². The Morgan fingerprint density at radius 2 is 1.57 bits per heavy atom. The molecule has 0 spiro atoms. The van der Waals surface area contributed by atoms with Gasteiger partial charge in [-0.15, -0.1) is 0 Å². The lowest BCUT2D eigenvalue weighted by atomic mass is 9.94. The van der Waals surface area contributed by atoms with Gasteiger partial charge >= 0.3 is 5.97 Å². The largest absolute Gasteiger partial charge is 0.478 e. The van der Waals surface area contributed by atoms with Crippen molar-refractivity contribution >= 4 is 16.7 Å². The first-order valence-corrected chi connectivity index (χ1v) is 6.28. The zero-order valence-corrected chi connectivity index (χ0v) is 10.8. The smallest absolute Gasteiger partial charge is 0.336 e. The Bertz CT molecular complexity index is 857. The van der Waals surface area contributed by atoms with Crippen LogP contribution in [0.25, 0.3) is 21.9 Å². The fourth-order valence-corrected chi connectivity index (χ4v) is 2.42. The summed E-state index contributed by atoms with van der Waals surface area (Å²) in [6.45, 7) is 0. The summed E-state index contributed by atoms with van der Waals surface area (Å²) in [6, 6.07) is 12.9. The van der Waals surface area contributed by atoms with Gasteiger partial charge in [0.1, 0.15) is 11.6 Å². The van der Waals surface area contributed by atoms with Crippen LogP contribution < -0.4 is 0 Å². The molecule has 104 valence electrons. The highest BCUT2D eigenvalue weighted by atomic mass is 19.1. The number of aromatic carboxylic acids is 1. The van der Waals surface area contributed by atoms with Crippen molar-refractivity contribution in [1.29, 1.82) is 0 Å². The lowest BCUT2D eigenvalue weighted by Gasteiger charge is -2.10. The minimum Gasteiger partial charge on any atom is -0.478 e. The number of rotatable bonds is 2. The number of carboxylic acid groups (broad SMARTS) is 1. The van der Waals surface area contributed by atoms with Crippen LogP contribution in [0.5, 0.6) is 0 Å². The number of hydrogen-bond donors (Lipinski definition) is 1. The van der Waals surface area contributed by atoms with Crippen LogP contribution in [0, 0.1) is 11.6 Å². The van der Waals surface area contributed by atoms with E-state index in [2.05, 4.69) is 0 Å². The standard InChI is InChI=1S/C17H10F2O2/c18-10-5-6-14(17(20)21)15(9-10)12-7-8-16(19)13-4-2-1-3-11(12)13/h1-9H,(H,20,21). The first kappa shape index (κ1) is 13.2. The van der Waals surface area contributed by atoms with Crippen molar-refractivity contribution in [2.45, 2.75) is 0 Å². The van der Waals surface area contributed by atoms with Gasteiger partial charge in [-0.3, -0.25) is 0 Å². The summed E-state index contributed by atoms with van der Waals surface area (Å²) in [5, 5.41) is 10.2. The number of carboxylic acids is 1. The van der Waals surface area contributed by atoms with Gasteiger partial charge in [0.2, 0.25) is 0 Å². The first-order valence-electron chi connectivity index (χ1n) is 6.28. The topological polar surface area (TPSA) is 37.3 Å². The highest BCUT2D eigenvalue weighted by Crippen LogP contribution is 2.32. The van der Waals surface area contributed by atoms with Gasteiger partial charge in [0.05, 0.1) is 5.56 Å². The summed E-state index contributed by atoms with van der Waals surface area (Å²) in [6.07, 6.45) is 0. The summed E-state index contributed by atoms with van der Waals surface area (Å²) in [7, 11) is 0. The average Bonchev–Trinajstić information content (AvgIpc) is 2.47. The average molecular weight is 284 g/mol. The number of hydrogen-bond acceptors (Lipinski definition) is 1. The number of carbonyl (C=O) groups is 1. The monoisotopic (exact) mass is 284 g/mol. The summed E-state index contributed by atoms with van der Waals surface area (Å²) in [4.78, 5) is 11.3.